The summed E-state index contributed by atoms with van der Waals surface area (Å²) >= 11 is 0. The van der Waals surface area contributed by atoms with Crippen LogP contribution in [0.15, 0.2) is 42.6 Å². The maximum Gasteiger partial charge on any atom is 0.249 e. The second-order valence-corrected chi connectivity index (χ2v) is 5.58. The van der Waals surface area contributed by atoms with Crippen molar-refractivity contribution in [2.45, 2.75) is 25.8 Å². The largest absolute Gasteiger partial charge is 0.307 e. The van der Waals surface area contributed by atoms with Gasteiger partial charge in [0.25, 0.3) is 0 Å². The predicted octanol–water partition coefficient (Wildman–Crippen LogP) is 3.65. The van der Waals surface area contributed by atoms with E-state index in [4.69, 9.17) is 0 Å². The molecule has 1 amide bonds. The zero-order valence-corrected chi connectivity index (χ0v) is 12.4. The summed E-state index contributed by atoms with van der Waals surface area (Å²) in [4.78, 5) is 12.0. The van der Waals surface area contributed by atoms with Crippen LogP contribution in [-0.2, 0) is 4.79 Å². The summed E-state index contributed by atoms with van der Waals surface area (Å²) in [6, 6.07) is 8.38. The van der Waals surface area contributed by atoms with Crippen LogP contribution in [-0.4, -0.2) is 15.7 Å². The summed E-state index contributed by atoms with van der Waals surface area (Å²) in [7, 11) is 0. The Labute approximate surface area is 128 Å². The van der Waals surface area contributed by atoms with Crippen molar-refractivity contribution in [3.8, 4) is 0 Å². The topological polar surface area (TPSA) is 46.9 Å². The highest BCUT2D eigenvalue weighted by molar-refractivity contribution is 6.01. The van der Waals surface area contributed by atoms with E-state index in [1.165, 1.54) is 31.1 Å². The number of hydrogen-bond donors (Lipinski definition) is 1. The van der Waals surface area contributed by atoms with Gasteiger partial charge in [0.05, 0.1) is 12.2 Å². The zero-order chi connectivity index (χ0) is 15.5. The van der Waals surface area contributed by atoms with E-state index in [-0.39, 0.29) is 17.8 Å². The summed E-state index contributed by atoms with van der Waals surface area (Å²) in [5.41, 5.74) is 0.387. The number of anilines is 1. The van der Waals surface area contributed by atoms with E-state index in [0.717, 1.165) is 0 Å². The molecular formula is C17H18FN3O. The van der Waals surface area contributed by atoms with E-state index < -0.39 is 0 Å². The van der Waals surface area contributed by atoms with Gasteiger partial charge in [0.1, 0.15) is 11.6 Å². The van der Waals surface area contributed by atoms with Gasteiger partial charge >= 0.3 is 0 Å². The second-order valence-electron chi connectivity index (χ2n) is 5.58. The highest BCUT2D eigenvalue weighted by atomic mass is 19.1. The molecule has 0 saturated heterocycles. The van der Waals surface area contributed by atoms with Gasteiger partial charge in [0.2, 0.25) is 5.91 Å². The van der Waals surface area contributed by atoms with Gasteiger partial charge in [-0.25, -0.2) is 9.07 Å². The normalized spacial score (nSPS) is 15.9. The lowest BCUT2D eigenvalue weighted by atomic mass is 10.2. The molecule has 1 heterocycles. The van der Waals surface area contributed by atoms with Gasteiger partial charge in [-0.05, 0) is 37.8 Å². The molecule has 0 spiro atoms. The molecule has 4 nitrogen and oxygen atoms in total. The number of nitrogens with one attached hydrogen (secondary N) is 1. The number of carbonyl (C=O) groups is 1. The number of carbonyl (C=O) groups excluding carboxylic acids is 1. The van der Waals surface area contributed by atoms with Crippen LogP contribution in [0.25, 0.3) is 6.08 Å². The molecule has 1 N–H and O–H groups in total. The maximum atomic E-state index is 13.5. The monoisotopic (exact) mass is 299 g/mol. The van der Waals surface area contributed by atoms with Gasteiger partial charge in [-0.15, -0.1) is 0 Å². The predicted molar refractivity (Wildman–Crippen MR) is 83.7 cm³/mol. The van der Waals surface area contributed by atoms with Crippen LogP contribution >= 0.6 is 0 Å². The van der Waals surface area contributed by atoms with Crippen LogP contribution in [0.2, 0.25) is 0 Å². The lowest BCUT2D eigenvalue weighted by Gasteiger charge is -2.14. The molecule has 22 heavy (non-hydrogen) atoms. The molecule has 1 aromatic carbocycles. The fourth-order valence-electron chi connectivity index (χ4n) is 2.46. The van der Waals surface area contributed by atoms with Gasteiger partial charge in [-0.1, -0.05) is 18.2 Å². The Morgan fingerprint density at radius 2 is 2.18 bits per heavy atom. The van der Waals surface area contributed by atoms with Crippen molar-refractivity contribution < 1.29 is 9.18 Å². The molecule has 1 fully saturated rings. The average Bonchev–Trinajstić information content (AvgIpc) is 3.26. The number of nitrogens with zero attached hydrogens (tertiary/aromatic N) is 2. The van der Waals surface area contributed by atoms with Crippen molar-refractivity contribution in [3.63, 3.8) is 0 Å². The standard InChI is InChI=1S/C17H18FN3O/c1-12(13-6-7-13)21-16(10-11-19-21)20-17(22)9-8-14-4-2-3-5-15(14)18/h2-5,8-13H,6-7H2,1H3,(H,20,22)/b9-8+. The van der Waals surface area contributed by atoms with Crippen molar-refractivity contribution in [2.24, 2.45) is 5.92 Å². The molecule has 2 aromatic rings. The minimum absolute atomic E-state index is 0.279. The van der Waals surface area contributed by atoms with E-state index in [0.29, 0.717) is 17.3 Å². The maximum absolute atomic E-state index is 13.5. The molecule has 0 radical (unpaired) electrons. The molecule has 0 bridgehead atoms. The van der Waals surface area contributed by atoms with Crippen molar-refractivity contribution in [2.75, 3.05) is 5.32 Å². The van der Waals surface area contributed by atoms with E-state index in [2.05, 4.69) is 17.3 Å². The van der Waals surface area contributed by atoms with Crippen molar-refractivity contribution >= 4 is 17.8 Å². The Kier molecular flexibility index (Phi) is 4.04. The Morgan fingerprint density at radius 3 is 2.91 bits per heavy atom. The third-order valence-corrected chi connectivity index (χ3v) is 3.93. The van der Waals surface area contributed by atoms with Gasteiger partial charge in [-0.3, -0.25) is 4.79 Å². The fraction of sp³-hybridized carbons (Fsp3) is 0.294. The Balaban J connectivity index is 1.67. The molecule has 114 valence electrons. The van der Waals surface area contributed by atoms with Crippen LogP contribution in [0.4, 0.5) is 10.2 Å². The number of rotatable bonds is 5. The first kappa shape index (κ1) is 14.5. The quantitative estimate of drug-likeness (QED) is 0.857. The van der Waals surface area contributed by atoms with E-state index in [1.54, 1.807) is 30.5 Å². The summed E-state index contributed by atoms with van der Waals surface area (Å²) in [6.45, 7) is 2.11. The van der Waals surface area contributed by atoms with Crippen LogP contribution in [0.5, 0.6) is 0 Å². The van der Waals surface area contributed by atoms with E-state index in [1.807, 2.05) is 4.68 Å². The highest BCUT2D eigenvalue weighted by Gasteiger charge is 2.30. The van der Waals surface area contributed by atoms with Crippen LogP contribution in [0.3, 0.4) is 0 Å². The molecule has 1 atom stereocenters. The molecule has 1 aromatic heterocycles. The van der Waals surface area contributed by atoms with Gasteiger partial charge < -0.3 is 5.32 Å². The SMILES string of the molecule is CC(C1CC1)n1nccc1NC(=O)/C=C/c1ccccc1F. The third kappa shape index (κ3) is 3.24. The summed E-state index contributed by atoms with van der Waals surface area (Å²) < 4.78 is 15.3. The number of amides is 1. The van der Waals surface area contributed by atoms with Crippen molar-refractivity contribution in [1.82, 2.24) is 9.78 Å². The van der Waals surface area contributed by atoms with Crippen LogP contribution < -0.4 is 5.32 Å². The Hall–Kier alpha value is -2.43. The molecule has 3 rings (SSSR count). The molecule has 5 heteroatoms. The molecule has 0 aliphatic heterocycles. The van der Waals surface area contributed by atoms with Gasteiger partial charge in [0.15, 0.2) is 0 Å². The molecular weight excluding hydrogens is 281 g/mol. The van der Waals surface area contributed by atoms with Gasteiger partial charge in [0, 0.05) is 17.7 Å². The van der Waals surface area contributed by atoms with Crippen LogP contribution in [0, 0.1) is 11.7 Å². The number of benzene rings is 1. The first-order chi connectivity index (χ1) is 10.6. The summed E-state index contributed by atoms with van der Waals surface area (Å²) in [5, 5.41) is 7.08. The second kappa shape index (κ2) is 6.13. The van der Waals surface area contributed by atoms with Crippen LogP contribution in [0.1, 0.15) is 31.4 Å². The molecule has 1 unspecified atom stereocenters. The number of aromatic nitrogens is 2. The zero-order valence-electron chi connectivity index (χ0n) is 12.4. The fourth-order valence-corrected chi connectivity index (χ4v) is 2.46. The lowest BCUT2D eigenvalue weighted by molar-refractivity contribution is -0.111. The summed E-state index contributed by atoms with van der Waals surface area (Å²) in [6.07, 6.45) is 6.89. The van der Waals surface area contributed by atoms with E-state index in [9.17, 15) is 9.18 Å². The third-order valence-electron chi connectivity index (χ3n) is 3.93. The Morgan fingerprint density at radius 1 is 1.41 bits per heavy atom. The lowest BCUT2D eigenvalue weighted by Crippen LogP contribution is -2.16. The molecule has 1 aliphatic carbocycles. The van der Waals surface area contributed by atoms with Crippen molar-refractivity contribution in [1.29, 1.82) is 0 Å². The average molecular weight is 299 g/mol. The van der Waals surface area contributed by atoms with Gasteiger partial charge in [-0.2, -0.15) is 5.10 Å². The van der Waals surface area contributed by atoms with Crippen molar-refractivity contribution in [3.05, 3.63) is 54.0 Å². The summed E-state index contributed by atoms with van der Waals surface area (Å²) in [5.74, 6) is 0.666. The number of hydrogen-bond acceptors (Lipinski definition) is 2. The Bertz CT molecular complexity index is 703. The molecule has 1 aliphatic rings. The smallest absolute Gasteiger partial charge is 0.249 e. The minimum atomic E-state index is -0.348. The highest BCUT2D eigenvalue weighted by Crippen LogP contribution is 2.40. The number of halogens is 1. The molecule has 1 saturated carbocycles. The minimum Gasteiger partial charge on any atom is -0.307 e. The van der Waals surface area contributed by atoms with E-state index >= 15 is 0 Å². The first-order valence-electron chi connectivity index (χ1n) is 7.42. The first-order valence-corrected chi connectivity index (χ1v) is 7.42.